The van der Waals surface area contributed by atoms with E-state index in [4.69, 9.17) is 11.6 Å². The van der Waals surface area contributed by atoms with Crippen LogP contribution in [-0.2, 0) is 6.42 Å². The zero-order valence-electron chi connectivity index (χ0n) is 12.6. The molecule has 0 N–H and O–H groups in total. The maximum absolute atomic E-state index is 14.5. The van der Waals surface area contributed by atoms with Crippen LogP contribution in [0, 0.1) is 5.82 Å². The molecule has 0 fully saturated rings. The highest BCUT2D eigenvalue weighted by molar-refractivity contribution is 9.10. The van der Waals surface area contributed by atoms with Gasteiger partial charge in [-0.2, -0.15) is 4.98 Å². The lowest BCUT2D eigenvalue weighted by Crippen LogP contribution is -2.20. The van der Waals surface area contributed by atoms with Gasteiger partial charge < -0.3 is 4.90 Å². The zero-order chi connectivity index (χ0) is 16.7. The van der Waals surface area contributed by atoms with Gasteiger partial charge in [-0.3, -0.25) is 4.98 Å². The lowest BCUT2D eigenvalue weighted by Gasteiger charge is -2.25. The molecule has 4 rings (SSSR count). The van der Waals surface area contributed by atoms with E-state index in [-0.39, 0.29) is 5.28 Å². The Labute approximate surface area is 151 Å². The van der Waals surface area contributed by atoms with Crippen molar-refractivity contribution >= 4 is 49.9 Å². The molecule has 4 nitrogen and oxygen atoms in total. The summed E-state index contributed by atoms with van der Waals surface area (Å²) in [4.78, 5) is 14.4. The molecule has 0 saturated carbocycles. The number of fused-ring (bicyclic) bond motifs is 2. The van der Waals surface area contributed by atoms with Crippen molar-refractivity contribution < 1.29 is 4.39 Å². The van der Waals surface area contributed by atoms with Gasteiger partial charge >= 0.3 is 0 Å². The Morgan fingerprint density at radius 3 is 2.92 bits per heavy atom. The fraction of sp³-hybridized carbons (Fsp3) is 0.235. The number of nitrogens with zero attached hydrogens (tertiary/aromatic N) is 4. The summed E-state index contributed by atoms with van der Waals surface area (Å²) in [5.74, 6) is 0.0473. The second-order valence-corrected chi connectivity index (χ2v) is 6.87. The summed E-state index contributed by atoms with van der Waals surface area (Å²) in [6.45, 7) is 0.744. The topological polar surface area (TPSA) is 41.9 Å². The van der Waals surface area contributed by atoms with Crippen molar-refractivity contribution in [2.45, 2.75) is 19.3 Å². The van der Waals surface area contributed by atoms with Crippen molar-refractivity contribution in [1.82, 2.24) is 15.0 Å². The first-order valence-corrected chi connectivity index (χ1v) is 8.84. The molecule has 0 aliphatic carbocycles. The number of benzene rings is 1. The van der Waals surface area contributed by atoms with E-state index in [9.17, 15) is 4.39 Å². The molecule has 24 heavy (non-hydrogen) atoms. The van der Waals surface area contributed by atoms with E-state index in [0.29, 0.717) is 16.7 Å². The van der Waals surface area contributed by atoms with Gasteiger partial charge in [0.15, 0.2) is 5.82 Å². The third-order valence-corrected chi connectivity index (χ3v) is 5.13. The summed E-state index contributed by atoms with van der Waals surface area (Å²) in [6.07, 6.45) is 5.70. The highest BCUT2D eigenvalue weighted by Gasteiger charge is 2.23. The van der Waals surface area contributed by atoms with Crippen molar-refractivity contribution in [1.29, 1.82) is 0 Å². The number of halogens is 3. The maximum Gasteiger partial charge on any atom is 0.224 e. The second kappa shape index (κ2) is 6.26. The highest BCUT2D eigenvalue weighted by atomic mass is 79.9. The van der Waals surface area contributed by atoms with Crippen LogP contribution in [0.5, 0.6) is 0 Å². The average molecular weight is 408 g/mol. The van der Waals surface area contributed by atoms with Crippen molar-refractivity contribution in [3.63, 3.8) is 0 Å². The molecule has 1 aromatic carbocycles. The molecule has 0 bridgehead atoms. The third-order valence-electron chi connectivity index (χ3n) is 4.21. The molecular weight excluding hydrogens is 395 g/mol. The van der Waals surface area contributed by atoms with Crippen molar-refractivity contribution in [3.8, 4) is 0 Å². The second-order valence-electron chi connectivity index (χ2n) is 5.68. The van der Waals surface area contributed by atoms with Crippen LogP contribution >= 0.6 is 27.5 Å². The fourth-order valence-electron chi connectivity index (χ4n) is 3.15. The van der Waals surface area contributed by atoms with E-state index in [1.165, 1.54) is 18.0 Å². The van der Waals surface area contributed by atoms with E-state index in [0.717, 1.165) is 36.0 Å². The number of anilines is 2. The molecule has 3 heterocycles. The average Bonchev–Trinajstić information content (AvgIpc) is 2.77. The molecule has 0 amide bonds. The first kappa shape index (κ1) is 15.7. The van der Waals surface area contributed by atoms with Crippen LogP contribution in [0.4, 0.5) is 15.9 Å². The van der Waals surface area contributed by atoms with Crippen LogP contribution in [0.25, 0.3) is 10.9 Å². The Balaban J connectivity index is 2.00. The summed E-state index contributed by atoms with van der Waals surface area (Å²) < 4.78 is 15.5. The molecule has 0 spiro atoms. The van der Waals surface area contributed by atoms with Crippen LogP contribution in [0.15, 0.2) is 35.1 Å². The summed E-state index contributed by atoms with van der Waals surface area (Å²) >= 11 is 9.71. The van der Waals surface area contributed by atoms with Crippen molar-refractivity contribution in [2.24, 2.45) is 0 Å². The number of hydrogen-bond donors (Lipinski definition) is 0. The van der Waals surface area contributed by atoms with Gasteiger partial charge in [0, 0.05) is 16.7 Å². The fourth-order valence-corrected chi connectivity index (χ4v) is 3.88. The van der Waals surface area contributed by atoms with Gasteiger partial charge in [-0.1, -0.05) is 22.0 Å². The van der Waals surface area contributed by atoms with E-state index >= 15 is 0 Å². The number of hydrogen-bond acceptors (Lipinski definition) is 4. The minimum absolute atomic E-state index is 0.0886. The van der Waals surface area contributed by atoms with Gasteiger partial charge in [0.2, 0.25) is 5.28 Å². The number of rotatable bonds is 1. The summed E-state index contributed by atoms with van der Waals surface area (Å²) in [7, 11) is 0. The van der Waals surface area contributed by atoms with Crippen molar-refractivity contribution in [3.05, 3.63) is 51.7 Å². The van der Waals surface area contributed by atoms with E-state index in [2.05, 4.69) is 30.9 Å². The smallest absolute Gasteiger partial charge is 0.224 e. The minimum atomic E-state index is -0.444. The Morgan fingerprint density at radius 2 is 2.04 bits per heavy atom. The number of aromatic nitrogens is 3. The normalized spacial score (nSPS) is 14.5. The highest BCUT2D eigenvalue weighted by Crippen LogP contribution is 2.38. The first-order chi connectivity index (χ1) is 11.6. The van der Waals surface area contributed by atoms with Gasteiger partial charge in [0.1, 0.15) is 5.82 Å². The van der Waals surface area contributed by atoms with Gasteiger partial charge in [-0.15, -0.1) is 0 Å². The molecule has 122 valence electrons. The quantitative estimate of drug-likeness (QED) is 0.529. The molecule has 0 radical (unpaired) electrons. The molecule has 0 atom stereocenters. The van der Waals surface area contributed by atoms with Gasteiger partial charge in [-0.25, -0.2) is 9.37 Å². The molecule has 0 saturated heterocycles. The van der Waals surface area contributed by atoms with Crippen LogP contribution < -0.4 is 4.90 Å². The Morgan fingerprint density at radius 1 is 1.17 bits per heavy atom. The third kappa shape index (κ3) is 2.63. The van der Waals surface area contributed by atoms with Crippen LogP contribution in [0.2, 0.25) is 5.28 Å². The molecule has 2 aromatic heterocycles. The summed E-state index contributed by atoms with van der Waals surface area (Å²) in [5, 5.41) is 0.438. The van der Waals surface area contributed by atoms with E-state index in [1.54, 1.807) is 0 Å². The standard InChI is InChI=1S/C17H13BrClFN4/c18-11-5-3-6-14-10(11)4-1-2-7-24(14)16-15-12(20)8-21-9-13(15)22-17(19)23-16/h3,5-6,8-9H,1-2,4,7H2. The van der Waals surface area contributed by atoms with Gasteiger partial charge in [0.25, 0.3) is 0 Å². The first-order valence-electron chi connectivity index (χ1n) is 7.67. The number of pyridine rings is 1. The maximum atomic E-state index is 14.5. The lowest BCUT2D eigenvalue weighted by molar-refractivity contribution is 0.632. The minimum Gasteiger partial charge on any atom is -0.325 e. The molecule has 1 aliphatic heterocycles. The molecule has 0 unspecified atom stereocenters. The van der Waals surface area contributed by atoms with Crippen LogP contribution in [0.1, 0.15) is 18.4 Å². The SMILES string of the molecule is Fc1cncc2nc(Cl)nc(N3CCCCc4c(Br)cccc43)c12. The Kier molecular flexibility index (Phi) is 4.10. The van der Waals surface area contributed by atoms with Crippen LogP contribution in [-0.4, -0.2) is 21.5 Å². The lowest BCUT2D eigenvalue weighted by atomic mass is 10.1. The zero-order valence-corrected chi connectivity index (χ0v) is 15.0. The monoisotopic (exact) mass is 406 g/mol. The molecule has 7 heteroatoms. The Bertz CT molecular complexity index is 934. The molecule has 1 aliphatic rings. The van der Waals surface area contributed by atoms with Gasteiger partial charge in [-0.05, 0) is 48.6 Å². The molecule has 3 aromatic rings. The predicted molar refractivity (Wildman–Crippen MR) is 96.4 cm³/mol. The summed E-state index contributed by atoms with van der Waals surface area (Å²) in [6, 6.07) is 6.04. The molecular formula is C17H13BrClFN4. The van der Waals surface area contributed by atoms with E-state index < -0.39 is 5.82 Å². The largest absolute Gasteiger partial charge is 0.325 e. The van der Waals surface area contributed by atoms with Crippen LogP contribution in [0.3, 0.4) is 0 Å². The van der Waals surface area contributed by atoms with Crippen molar-refractivity contribution in [2.75, 3.05) is 11.4 Å². The summed E-state index contributed by atoms with van der Waals surface area (Å²) in [5.41, 5.74) is 2.63. The predicted octanol–water partition coefficient (Wildman–Crippen LogP) is 5.05. The Hall–Kier alpha value is -1.79. The van der Waals surface area contributed by atoms with Gasteiger partial charge in [0.05, 0.1) is 23.3 Å². The van der Waals surface area contributed by atoms with E-state index in [1.807, 2.05) is 23.1 Å².